The highest BCUT2D eigenvalue weighted by Gasteiger charge is 2.13. The number of rotatable bonds is 13. The van der Waals surface area contributed by atoms with Crippen LogP contribution < -0.4 is 4.74 Å². The topological polar surface area (TPSA) is 12.5 Å². The Morgan fingerprint density at radius 3 is 2.00 bits per heavy atom. The van der Waals surface area contributed by atoms with Gasteiger partial charge < -0.3 is 9.64 Å². The average Bonchev–Trinajstić information content (AvgIpc) is 3.44. The van der Waals surface area contributed by atoms with Gasteiger partial charge in [0.1, 0.15) is 5.75 Å². The van der Waals surface area contributed by atoms with Crippen LogP contribution in [0.5, 0.6) is 5.75 Å². The van der Waals surface area contributed by atoms with Crippen LogP contribution in [-0.4, -0.2) is 31.1 Å². The van der Waals surface area contributed by atoms with Gasteiger partial charge in [0, 0.05) is 3.57 Å². The summed E-state index contributed by atoms with van der Waals surface area (Å²) in [5, 5.41) is 0. The van der Waals surface area contributed by atoms with E-state index in [4.69, 9.17) is 4.74 Å². The molecule has 0 N–H and O–H groups in total. The molecule has 3 aromatic carbocycles. The van der Waals surface area contributed by atoms with Crippen molar-refractivity contribution in [3.05, 3.63) is 99.1 Å². The van der Waals surface area contributed by atoms with Gasteiger partial charge in [0.15, 0.2) is 0 Å². The van der Waals surface area contributed by atoms with Gasteiger partial charge in [0.05, 0.1) is 6.61 Å². The molecular formula is C33H40INO. The van der Waals surface area contributed by atoms with E-state index in [-0.39, 0.29) is 0 Å². The van der Waals surface area contributed by atoms with Crippen LogP contribution in [0.2, 0.25) is 0 Å². The van der Waals surface area contributed by atoms with Crippen LogP contribution in [0.4, 0.5) is 0 Å². The Kier molecular flexibility index (Phi) is 10.9. The molecule has 1 heterocycles. The van der Waals surface area contributed by atoms with Gasteiger partial charge in [-0.2, -0.15) is 0 Å². The smallest absolute Gasteiger partial charge is 0.119 e. The third kappa shape index (κ3) is 7.94. The number of benzene rings is 3. The summed E-state index contributed by atoms with van der Waals surface area (Å²) in [6, 6.07) is 28.4. The Balaban J connectivity index is 1.35. The molecule has 4 rings (SSSR count). The summed E-state index contributed by atoms with van der Waals surface area (Å²) in [6.07, 6.45) is 10.2. The van der Waals surface area contributed by atoms with E-state index in [1.807, 2.05) is 0 Å². The SMILES string of the molecule is CC/C(=C(\c1ccc(I)cc1)c1ccc(OCCCCCCCN2CCCC2)cc1)c1ccccc1. The second-order valence-electron chi connectivity index (χ2n) is 9.77. The van der Waals surface area contributed by atoms with Crippen molar-refractivity contribution in [3.63, 3.8) is 0 Å². The molecule has 0 aromatic heterocycles. The minimum absolute atomic E-state index is 0.801. The molecule has 0 atom stereocenters. The van der Waals surface area contributed by atoms with Gasteiger partial charge in [-0.05, 0) is 126 Å². The third-order valence-electron chi connectivity index (χ3n) is 7.14. The lowest BCUT2D eigenvalue weighted by molar-refractivity contribution is 0.300. The highest BCUT2D eigenvalue weighted by atomic mass is 127. The fourth-order valence-electron chi connectivity index (χ4n) is 5.18. The summed E-state index contributed by atoms with van der Waals surface area (Å²) < 4.78 is 7.35. The zero-order valence-electron chi connectivity index (χ0n) is 21.7. The van der Waals surface area contributed by atoms with Crippen molar-refractivity contribution in [2.75, 3.05) is 26.2 Å². The first-order valence-corrected chi connectivity index (χ1v) is 14.8. The van der Waals surface area contributed by atoms with E-state index in [0.717, 1.165) is 25.2 Å². The predicted molar refractivity (Wildman–Crippen MR) is 163 cm³/mol. The second-order valence-corrected chi connectivity index (χ2v) is 11.0. The van der Waals surface area contributed by atoms with Crippen molar-refractivity contribution in [2.45, 2.75) is 58.3 Å². The first-order chi connectivity index (χ1) is 17.7. The molecule has 0 aliphatic carbocycles. The molecule has 1 aliphatic rings. The zero-order valence-corrected chi connectivity index (χ0v) is 23.9. The molecule has 3 aromatic rings. The Labute approximate surface area is 231 Å². The van der Waals surface area contributed by atoms with Gasteiger partial charge >= 0.3 is 0 Å². The second kappa shape index (κ2) is 14.6. The van der Waals surface area contributed by atoms with Crippen molar-refractivity contribution in [3.8, 4) is 5.75 Å². The summed E-state index contributed by atoms with van der Waals surface area (Å²) >= 11 is 2.38. The lowest BCUT2D eigenvalue weighted by Crippen LogP contribution is -2.20. The minimum atomic E-state index is 0.801. The summed E-state index contributed by atoms with van der Waals surface area (Å²) in [5.74, 6) is 0.965. The first-order valence-electron chi connectivity index (χ1n) is 13.7. The van der Waals surface area contributed by atoms with Crippen LogP contribution in [0, 0.1) is 3.57 Å². The van der Waals surface area contributed by atoms with Gasteiger partial charge in [-0.15, -0.1) is 0 Å². The number of allylic oxidation sites excluding steroid dienone is 1. The van der Waals surface area contributed by atoms with E-state index < -0.39 is 0 Å². The Morgan fingerprint density at radius 1 is 0.722 bits per heavy atom. The molecule has 1 saturated heterocycles. The molecule has 0 saturated carbocycles. The zero-order chi connectivity index (χ0) is 25.0. The molecule has 0 bridgehead atoms. The highest BCUT2D eigenvalue weighted by Crippen LogP contribution is 2.35. The van der Waals surface area contributed by atoms with Crippen molar-refractivity contribution in [1.29, 1.82) is 0 Å². The Morgan fingerprint density at radius 2 is 1.33 bits per heavy atom. The molecule has 0 radical (unpaired) electrons. The molecule has 0 amide bonds. The Bertz CT molecular complexity index is 1070. The highest BCUT2D eigenvalue weighted by molar-refractivity contribution is 14.1. The summed E-state index contributed by atoms with van der Waals surface area (Å²) in [4.78, 5) is 2.62. The van der Waals surface area contributed by atoms with E-state index >= 15 is 0 Å². The van der Waals surface area contributed by atoms with Crippen molar-refractivity contribution in [1.82, 2.24) is 4.90 Å². The standard InChI is InChI=1S/C33H40INO/c1-2-32(27-13-7-6-8-14-27)33(28-15-19-30(34)20-16-28)29-17-21-31(22-18-29)36-26-12-5-3-4-9-23-35-24-10-11-25-35/h6-8,13-22H,2-5,9-12,23-26H2,1H3/b33-32-. The van der Waals surface area contributed by atoms with E-state index in [0.29, 0.717) is 0 Å². The number of likely N-dealkylation sites (tertiary alicyclic amines) is 1. The van der Waals surface area contributed by atoms with Crippen molar-refractivity contribution in [2.24, 2.45) is 0 Å². The largest absolute Gasteiger partial charge is 0.494 e. The molecule has 1 fully saturated rings. The number of ether oxygens (including phenoxy) is 1. The molecule has 36 heavy (non-hydrogen) atoms. The van der Waals surface area contributed by atoms with Crippen LogP contribution >= 0.6 is 22.6 Å². The van der Waals surface area contributed by atoms with Crippen molar-refractivity contribution >= 4 is 33.7 Å². The Hall–Kier alpha value is -2.11. The van der Waals surface area contributed by atoms with Crippen LogP contribution in [0.1, 0.15) is 75.0 Å². The van der Waals surface area contributed by atoms with Gasteiger partial charge in [0.25, 0.3) is 0 Å². The number of unbranched alkanes of at least 4 members (excludes halogenated alkanes) is 4. The monoisotopic (exact) mass is 593 g/mol. The molecule has 0 spiro atoms. The van der Waals surface area contributed by atoms with E-state index in [2.05, 4.69) is 113 Å². The van der Waals surface area contributed by atoms with E-state index in [9.17, 15) is 0 Å². The van der Waals surface area contributed by atoms with E-state index in [1.165, 1.54) is 89.6 Å². The number of hydrogen-bond donors (Lipinski definition) is 0. The summed E-state index contributed by atoms with van der Waals surface area (Å²) in [7, 11) is 0. The molecule has 1 aliphatic heterocycles. The van der Waals surface area contributed by atoms with Gasteiger partial charge in [-0.1, -0.05) is 80.8 Å². The molecule has 3 heteroatoms. The minimum Gasteiger partial charge on any atom is -0.494 e. The van der Waals surface area contributed by atoms with Gasteiger partial charge in [-0.25, -0.2) is 0 Å². The van der Waals surface area contributed by atoms with Crippen molar-refractivity contribution < 1.29 is 4.74 Å². The lowest BCUT2D eigenvalue weighted by Gasteiger charge is -2.17. The molecule has 190 valence electrons. The lowest BCUT2D eigenvalue weighted by atomic mass is 9.88. The summed E-state index contributed by atoms with van der Waals surface area (Å²) in [6.45, 7) is 6.99. The predicted octanol–water partition coefficient (Wildman–Crippen LogP) is 9.09. The fraction of sp³-hybridized carbons (Fsp3) is 0.394. The van der Waals surface area contributed by atoms with Gasteiger partial charge in [0.2, 0.25) is 0 Å². The molecule has 2 nitrogen and oxygen atoms in total. The third-order valence-corrected chi connectivity index (χ3v) is 7.86. The van der Waals surface area contributed by atoms with E-state index in [1.54, 1.807) is 0 Å². The van der Waals surface area contributed by atoms with Crippen LogP contribution in [-0.2, 0) is 0 Å². The van der Waals surface area contributed by atoms with Crippen LogP contribution in [0.15, 0.2) is 78.9 Å². The molecule has 0 unspecified atom stereocenters. The molecular weight excluding hydrogens is 553 g/mol. The quantitative estimate of drug-likeness (QED) is 0.111. The number of nitrogens with zero attached hydrogens (tertiary/aromatic N) is 1. The maximum atomic E-state index is 6.10. The first kappa shape index (κ1) is 26.9. The number of halogens is 1. The maximum absolute atomic E-state index is 6.10. The van der Waals surface area contributed by atoms with Gasteiger partial charge in [-0.3, -0.25) is 0 Å². The van der Waals surface area contributed by atoms with Crippen LogP contribution in [0.3, 0.4) is 0 Å². The van der Waals surface area contributed by atoms with Crippen LogP contribution in [0.25, 0.3) is 11.1 Å². The summed E-state index contributed by atoms with van der Waals surface area (Å²) in [5.41, 5.74) is 6.46. The number of hydrogen-bond acceptors (Lipinski definition) is 2. The normalized spacial score (nSPS) is 14.6. The maximum Gasteiger partial charge on any atom is 0.119 e. The fourth-order valence-corrected chi connectivity index (χ4v) is 5.54. The average molecular weight is 594 g/mol.